The Hall–Kier alpha value is -1.87. The van der Waals surface area contributed by atoms with E-state index in [-0.39, 0.29) is 0 Å². The Kier molecular flexibility index (Phi) is 4.93. The van der Waals surface area contributed by atoms with Crippen LogP contribution in [0.1, 0.15) is 23.6 Å². The molecule has 0 spiro atoms. The van der Waals surface area contributed by atoms with Crippen LogP contribution in [-0.2, 0) is 19.5 Å². The van der Waals surface area contributed by atoms with Gasteiger partial charge in [0.15, 0.2) is 0 Å². The minimum atomic E-state index is 0.693. The van der Waals surface area contributed by atoms with Crippen molar-refractivity contribution >= 4 is 0 Å². The predicted octanol–water partition coefficient (Wildman–Crippen LogP) is 2.94. The maximum absolute atomic E-state index is 5.24. The second kappa shape index (κ2) is 6.90. The summed E-state index contributed by atoms with van der Waals surface area (Å²) in [6.07, 6.45) is 2.81. The molecule has 0 saturated carbocycles. The van der Waals surface area contributed by atoms with Gasteiger partial charge >= 0.3 is 0 Å². The van der Waals surface area contributed by atoms with Gasteiger partial charge in [-0.15, -0.1) is 0 Å². The molecule has 0 bridgehead atoms. The molecule has 19 heavy (non-hydrogen) atoms. The molecule has 3 nitrogen and oxygen atoms in total. The van der Waals surface area contributed by atoms with E-state index in [4.69, 9.17) is 4.74 Å². The van der Waals surface area contributed by atoms with E-state index in [0.717, 1.165) is 25.1 Å². The van der Waals surface area contributed by atoms with E-state index in [0.29, 0.717) is 5.88 Å². The second-order valence-corrected chi connectivity index (χ2v) is 4.40. The number of aromatic nitrogens is 1. The minimum Gasteiger partial charge on any atom is -0.481 e. The standard InChI is InChI=1S/C16H20N2O/c1-3-13-7-4-5-8-14(13)11-17-12-15-9-6-10-18-16(15)19-2/h4-10,17H,3,11-12H2,1-2H3. The van der Waals surface area contributed by atoms with Gasteiger partial charge in [0, 0.05) is 24.8 Å². The summed E-state index contributed by atoms with van der Waals surface area (Å²) in [5.74, 6) is 0.693. The van der Waals surface area contributed by atoms with E-state index >= 15 is 0 Å². The lowest BCUT2D eigenvalue weighted by Gasteiger charge is -2.10. The number of aryl methyl sites for hydroxylation is 1. The average molecular weight is 256 g/mol. The topological polar surface area (TPSA) is 34.2 Å². The summed E-state index contributed by atoms with van der Waals surface area (Å²) in [5.41, 5.74) is 3.83. The quantitative estimate of drug-likeness (QED) is 0.863. The first-order chi connectivity index (χ1) is 9.35. The fraction of sp³-hybridized carbons (Fsp3) is 0.312. The first-order valence-electron chi connectivity index (χ1n) is 6.60. The van der Waals surface area contributed by atoms with Gasteiger partial charge in [0.2, 0.25) is 5.88 Å². The molecule has 3 heteroatoms. The van der Waals surface area contributed by atoms with E-state index in [1.807, 2.05) is 12.1 Å². The summed E-state index contributed by atoms with van der Waals surface area (Å²) in [6.45, 7) is 3.81. The molecule has 100 valence electrons. The van der Waals surface area contributed by atoms with E-state index in [1.165, 1.54) is 11.1 Å². The first-order valence-corrected chi connectivity index (χ1v) is 6.60. The van der Waals surface area contributed by atoms with Crippen LogP contribution in [0.15, 0.2) is 42.6 Å². The number of hydrogen-bond donors (Lipinski definition) is 1. The minimum absolute atomic E-state index is 0.693. The highest BCUT2D eigenvalue weighted by Gasteiger charge is 2.03. The van der Waals surface area contributed by atoms with Crippen LogP contribution >= 0.6 is 0 Å². The SMILES string of the molecule is CCc1ccccc1CNCc1cccnc1OC. The zero-order chi connectivity index (χ0) is 13.5. The van der Waals surface area contributed by atoms with Crippen molar-refractivity contribution in [3.63, 3.8) is 0 Å². The number of pyridine rings is 1. The van der Waals surface area contributed by atoms with E-state index in [9.17, 15) is 0 Å². The molecule has 0 amide bonds. The third kappa shape index (κ3) is 3.55. The Morgan fingerprint density at radius 1 is 1.00 bits per heavy atom. The van der Waals surface area contributed by atoms with Crippen molar-refractivity contribution in [2.45, 2.75) is 26.4 Å². The molecule has 0 aliphatic rings. The number of ether oxygens (including phenoxy) is 1. The van der Waals surface area contributed by atoms with Gasteiger partial charge in [0.25, 0.3) is 0 Å². The molecule has 0 saturated heterocycles. The van der Waals surface area contributed by atoms with Gasteiger partial charge in [-0.25, -0.2) is 4.98 Å². The van der Waals surface area contributed by atoms with Gasteiger partial charge in [0.1, 0.15) is 0 Å². The fourth-order valence-electron chi connectivity index (χ4n) is 2.15. The van der Waals surface area contributed by atoms with Crippen molar-refractivity contribution in [1.82, 2.24) is 10.3 Å². The van der Waals surface area contributed by atoms with Crippen molar-refractivity contribution in [3.8, 4) is 5.88 Å². The van der Waals surface area contributed by atoms with Gasteiger partial charge in [-0.2, -0.15) is 0 Å². The van der Waals surface area contributed by atoms with Crippen LogP contribution < -0.4 is 10.1 Å². The largest absolute Gasteiger partial charge is 0.481 e. The molecule has 0 fully saturated rings. The highest BCUT2D eigenvalue weighted by molar-refractivity contribution is 5.28. The molecule has 2 aromatic rings. The molecule has 0 atom stereocenters. The molecule has 1 heterocycles. The van der Waals surface area contributed by atoms with Gasteiger partial charge in [-0.3, -0.25) is 0 Å². The van der Waals surface area contributed by atoms with Gasteiger partial charge in [0.05, 0.1) is 7.11 Å². The maximum Gasteiger partial charge on any atom is 0.217 e. The Bertz CT molecular complexity index is 478. The van der Waals surface area contributed by atoms with Crippen LogP contribution in [0.3, 0.4) is 0 Å². The molecular weight excluding hydrogens is 236 g/mol. The summed E-state index contributed by atoms with van der Waals surface area (Å²) < 4.78 is 5.24. The molecule has 1 aromatic heterocycles. The first kappa shape index (κ1) is 13.6. The zero-order valence-electron chi connectivity index (χ0n) is 11.5. The van der Waals surface area contributed by atoms with E-state index in [1.54, 1.807) is 13.3 Å². The predicted molar refractivity (Wildman–Crippen MR) is 77.2 cm³/mol. The number of rotatable bonds is 6. The summed E-state index contributed by atoms with van der Waals surface area (Å²) in [5, 5.41) is 3.45. The summed E-state index contributed by atoms with van der Waals surface area (Å²) in [6, 6.07) is 12.5. The van der Waals surface area contributed by atoms with Crippen molar-refractivity contribution in [3.05, 3.63) is 59.3 Å². The van der Waals surface area contributed by atoms with Crippen LogP contribution in [0.5, 0.6) is 5.88 Å². The van der Waals surface area contributed by atoms with E-state index < -0.39 is 0 Å². The normalized spacial score (nSPS) is 10.4. The van der Waals surface area contributed by atoms with E-state index in [2.05, 4.69) is 41.5 Å². The molecular formula is C16H20N2O. The number of benzene rings is 1. The number of methoxy groups -OCH3 is 1. The number of nitrogens with zero attached hydrogens (tertiary/aromatic N) is 1. The van der Waals surface area contributed by atoms with Gasteiger partial charge in [-0.1, -0.05) is 37.3 Å². The summed E-state index contributed by atoms with van der Waals surface area (Å²) in [7, 11) is 1.65. The highest BCUT2D eigenvalue weighted by Crippen LogP contribution is 2.14. The fourth-order valence-corrected chi connectivity index (χ4v) is 2.15. The Labute approximate surface area is 114 Å². The lowest BCUT2D eigenvalue weighted by atomic mass is 10.1. The van der Waals surface area contributed by atoms with Crippen LogP contribution in [0.4, 0.5) is 0 Å². The van der Waals surface area contributed by atoms with Gasteiger partial charge < -0.3 is 10.1 Å². The molecule has 0 aliphatic heterocycles. The summed E-state index contributed by atoms with van der Waals surface area (Å²) >= 11 is 0. The average Bonchev–Trinajstić information content (AvgIpc) is 2.48. The highest BCUT2D eigenvalue weighted by atomic mass is 16.5. The molecule has 0 radical (unpaired) electrons. The second-order valence-electron chi connectivity index (χ2n) is 4.40. The lowest BCUT2D eigenvalue weighted by molar-refractivity contribution is 0.390. The molecule has 0 aliphatic carbocycles. The number of nitrogens with one attached hydrogen (secondary N) is 1. The third-order valence-electron chi connectivity index (χ3n) is 3.17. The molecule has 2 rings (SSSR count). The van der Waals surface area contributed by atoms with Crippen LogP contribution in [-0.4, -0.2) is 12.1 Å². The smallest absolute Gasteiger partial charge is 0.217 e. The Morgan fingerprint density at radius 3 is 2.42 bits per heavy atom. The van der Waals surface area contributed by atoms with Crippen molar-refractivity contribution in [1.29, 1.82) is 0 Å². The Balaban J connectivity index is 1.96. The number of hydrogen-bond acceptors (Lipinski definition) is 3. The molecule has 1 N–H and O–H groups in total. The van der Waals surface area contributed by atoms with Crippen LogP contribution in [0.2, 0.25) is 0 Å². The Morgan fingerprint density at radius 2 is 1.68 bits per heavy atom. The van der Waals surface area contributed by atoms with Crippen molar-refractivity contribution in [2.75, 3.05) is 7.11 Å². The van der Waals surface area contributed by atoms with Crippen molar-refractivity contribution < 1.29 is 4.74 Å². The maximum atomic E-state index is 5.24. The molecule has 0 unspecified atom stereocenters. The molecule has 1 aromatic carbocycles. The van der Waals surface area contributed by atoms with Gasteiger partial charge in [-0.05, 0) is 23.6 Å². The zero-order valence-corrected chi connectivity index (χ0v) is 11.5. The lowest BCUT2D eigenvalue weighted by Crippen LogP contribution is -2.14. The monoisotopic (exact) mass is 256 g/mol. The van der Waals surface area contributed by atoms with Crippen LogP contribution in [0, 0.1) is 0 Å². The van der Waals surface area contributed by atoms with Crippen LogP contribution in [0.25, 0.3) is 0 Å². The third-order valence-corrected chi connectivity index (χ3v) is 3.17. The van der Waals surface area contributed by atoms with Crippen molar-refractivity contribution in [2.24, 2.45) is 0 Å². The summed E-state index contributed by atoms with van der Waals surface area (Å²) in [4.78, 5) is 4.19.